The zero-order valence-electron chi connectivity index (χ0n) is 10.5. The van der Waals surface area contributed by atoms with Gasteiger partial charge in [0.15, 0.2) is 0 Å². The maximum absolute atomic E-state index is 5.81. The molecule has 0 aromatic heterocycles. The van der Waals surface area contributed by atoms with E-state index in [-0.39, 0.29) is 6.10 Å². The van der Waals surface area contributed by atoms with E-state index in [1.807, 2.05) is 32.0 Å². The van der Waals surface area contributed by atoms with Gasteiger partial charge in [-0.25, -0.2) is 0 Å². The van der Waals surface area contributed by atoms with E-state index in [1.54, 1.807) is 0 Å². The van der Waals surface area contributed by atoms with Gasteiger partial charge in [-0.2, -0.15) is 0 Å². The molecule has 0 radical (unpaired) electrons. The molecule has 0 saturated carbocycles. The van der Waals surface area contributed by atoms with Gasteiger partial charge in [0.05, 0.1) is 18.4 Å². The Labute approximate surface area is 97.6 Å². The summed E-state index contributed by atoms with van der Waals surface area (Å²) in [5, 5.41) is 0. The molecule has 1 rings (SSSR count). The van der Waals surface area contributed by atoms with Crippen LogP contribution < -0.4 is 15.2 Å². The van der Waals surface area contributed by atoms with E-state index in [0.29, 0.717) is 24.0 Å². The van der Waals surface area contributed by atoms with Crippen molar-refractivity contribution in [3.8, 4) is 11.5 Å². The molecule has 3 heteroatoms. The van der Waals surface area contributed by atoms with E-state index in [1.165, 1.54) is 0 Å². The fraction of sp³-hybridized carbons (Fsp3) is 0.538. The van der Waals surface area contributed by atoms with E-state index in [9.17, 15) is 0 Å². The number of hydrogen-bond acceptors (Lipinski definition) is 3. The van der Waals surface area contributed by atoms with E-state index >= 15 is 0 Å². The summed E-state index contributed by atoms with van der Waals surface area (Å²) in [5.74, 6) is 2.00. The van der Waals surface area contributed by atoms with Gasteiger partial charge < -0.3 is 15.2 Å². The molecule has 90 valence electrons. The second kappa shape index (κ2) is 5.64. The quantitative estimate of drug-likeness (QED) is 0.780. The Morgan fingerprint density at radius 1 is 1.19 bits per heavy atom. The second-order valence-corrected chi connectivity index (χ2v) is 4.57. The molecule has 0 atom stereocenters. The molecule has 16 heavy (non-hydrogen) atoms. The van der Waals surface area contributed by atoms with Gasteiger partial charge in [0, 0.05) is 6.07 Å². The second-order valence-electron chi connectivity index (χ2n) is 4.57. The highest BCUT2D eigenvalue weighted by molar-refractivity contribution is 5.55. The van der Waals surface area contributed by atoms with E-state index in [2.05, 4.69) is 13.8 Å². The van der Waals surface area contributed by atoms with Crippen molar-refractivity contribution < 1.29 is 9.47 Å². The van der Waals surface area contributed by atoms with Crippen LogP contribution in [-0.4, -0.2) is 12.7 Å². The van der Waals surface area contributed by atoms with Crippen molar-refractivity contribution >= 4 is 5.69 Å². The number of nitrogen functional groups attached to an aromatic ring is 1. The Hall–Kier alpha value is -1.38. The topological polar surface area (TPSA) is 44.5 Å². The van der Waals surface area contributed by atoms with Crippen molar-refractivity contribution in [1.82, 2.24) is 0 Å². The molecular formula is C13H21NO2. The Kier molecular flexibility index (Phi) is 4.47. The highest BCUT2D eigenvalue weighted by atomic mass is 16.5. The number of rotatable bonds is 5. The Balaban J connectivity index is 2.73. The smallest absolute Gasteiger partial charge is 0.146 e. The van der Waals surface area contributed by atoms with Gasteiger partial charge in [0.1, 0.15) is 11.5 Å². The summed E-state index contributed by atoms with van der Waals surface area (Å²) in [6, 6.07) is 5.52. The van der Waals surface area contributed by atoms with Crippen LogP contribution in [0.4, 0.5) is 5.69 Å². The van der Waals surface area contributed by atoms with Crippen LogP contribution in [0.2, 0.25) is 0 Å². The van der Waals surface area contributed by atoms with Crippen LogP contribution >= 0.6 is 0 Å². The molecule has 0 aliphatic heterocycles. The van der Waals surface area contributed by atoms with Crippen molar-refractivity contribution in [2.75, 3.05) is 12.3 Å². The maximum atomic E-state index is 5.81. The van der Waals surface area contributed by atoms with Crippen molar-refractivity contribution in [2.24, 2.45) is 5.92 Å². The Bertz CT molecular complexity index is 335. The minimum atomic E-state index is 0.114. The summed E-state index contributed by atoms with van der Waals surface area (Å²) in [4.78, 5) is 0. The first-order valence-corrected chi connectivity index (χ1v) is 5.68. The lowest BCUT2D eigenvalue weighted by atomic mass is 10.2. The van der Waals surface area contributed by atoms with Gasteiger partial charge in [-0.1, -0.05) is 13.8 Å². The van der Waals surface area contributed by atoms with Crippen molar-refractivity contribution in [1.29, 1.82) is 0 Å². The average molecular weight is 223 g/mol. The highest BCUT2D eigenvalue weighted by Crippen LogP contribution is 2.27. The molecule has 1 aromatic rings. The van der Waals surface area contributed by atoms with E-state index in [0.717, 1.165) is 5.75 Å². The molecule has 2 N–H and O–H groups in total. The average Bonchev–Trinajstić information content (AvgIpc) is 2.18. The largest absolute Gasteiger partial charge is 0.493 e. The van der Waals surface area contributed by atoms with Crippen molar-refractivity contribution in [3.05, 3.63) is 18.2 Å². The van der Waals surface area contributed by atoms with Crippen LogP contribution in [0.3, 0.4) is 0 Å². The molecular weight excluding hydrogens is 202 g/mol. The van der Waals surface area contributed by atoms with E-state index in [4.69, 9.17) is 15.2 Å². The third-order valence-corrected chi connectivity index (χ3v) is 1.93. The van der Waals surface area contributed by atoms with Crippen LogP contribution in [0.5, 0.6) is 11.5 Å². The summed E-state index contributed by atoms with van der Waals surface area (Å²) in [5.41, 5.74) is 6.46. The predicted molar refractivity (Wildman–Crippen MR) is 67.0 cm³/mol. The van der Waals surface area contributed by atoms with Gasteiger partial charge in [0.2, 0.25) is 0 Å². The summed E-state index contributed by atoms with van der Waals surface area (Å²) in [7, 11) is 0. The van der Waals surface area contributed by atoms with Crippen LogP contribution in [-0.2, 0) is 0 Å². The lowest BCUT2D eigenvalue weighted by molar-refractivity contribution is 0.238. The van der Waals surface area contributed by atoms with Crippen LogP contribution in [0.15, 0.2) is 18.2 Å². The Morgan fingerprint density at radius 3 is 2.44 bits per heavy atom. The SMILES string of the molecule is CC(C)COc1ccc(N)c(OC(C)C)c1. The molecule has 0 amide bonds. The summed E-state index contributed by atoms with van der Waals surface area (Å²) in [6.07, 6.45) is 0.114. The van der Waals surface area contributed by atoms with Crippen molar-refractivity contribution in [2.45, 2.75) is 33.8 Å². The van der Waals surface area contributed by atoms with Crippen LogP contribution in [0.1, 0.15) is 27.7 Å². The zero-order valence-corrected chi connectivity index (χ0v) is 10.5. The van der Waals surface area contributed by atoms with Crippen molar-refractivity contribution in [3.63, 3.8) is 0 Å². The van der Waals surface area contributed by atoms with Gasteiger partial charge in [-0.3, -0.25) is 0 Å². The molecule has 3 nitrogen and oxygen atoms in total. The zero-order chi connectivity index (χ0) is 12.1. The number of benzene rings is 1. The first kappa shape index (κ1) is 12.7. The summed E-state index contributed by atoms with van der Waals surface area (Å²) in [6.45, 7) is 8.87. The molecule has 0 bridgehead atoms. The minimum Gasteiger partial charge on any atom is -0.493 e. The normalized spacial score (nSPS) is 10.9. The first-order chi connectivity index (χ1) is 7.49. The third kappa shape index (κ3) is 4.01. The fourth-order valence-corrected chi connectivity index (χ4v) is 1.22. The minimum absolute atomic E-state index is 0.114. The molecule has 1 aromatic carbocycles. The predicted octanol–water partition coefficient (Wildman–Crippen LogP) is 3.09. The van der Waals surface area contributed by atoms with Gasteiger partial charge in [-0.15, -0.1) is 0 Å². The summed E-state index contributed by atoms with van der Waals surface area (Å²) >= 11 is 0. The Morgan fingerprint density at radius 2 is 1.88 bits per heavy atom. The monoisotopic (exact) mass is 223 g/mol. The first-order valence-electron chi connectivity index (χ1n) is 5.68. The van der Waals surface area contributed by atoms with Crippen LogP contribution in [0, 0.1) is 5.92 Å². The lowest BCUT2D eigenvalue weighted by Gasteiger charge is -2.14. The standard InChI is InChI=1S/C13H21NO2/c1-9(2)8-15-11-5-6-12(14)13(7-11)16-10(3)4/h5-7,9-10H,8,14H2,1-4H3. The summed E-state index contributed by atoms with van der Waals surface area (Å²) < 4.78 is 11.2. The molecule has 0 spiro atoms. The van der Waals surface area contributed by atoms with E-state index < -0.39 is 0 Å². The number of nitrogens with two attached hydrogens (primary N) is 1. The molecule has 0 aliphatic rings. The maximum Gasteiger partial charge on any atom is 0.146 e. The number of anilines is 1. The van der Waals surface area contributed by atoms with Gasteiger partial charge in [0.25, 0.3) is 0 Å². The third-order valence-electron chi connectivity index (χ3n) is 1.93. The van der Waals surface area contributed by atoms with Crippen LogP contribution in [0.25, 0.3) is 0 Å². The number of hydrogen-bond donors (Lipinski definition) is 1. The van der Waals surface area contributed by atoms with Gasteiger partial charge in [-0.05, 0) is 31.9 Å². The van der Waals surface area contributed by atoms with Gasteiger partial charge >= 0.3 is 0 Å². The molecule has 0 unspecified atom stereocenters. The fourth-order valence-electron chi connectivity index (χ4n) is 1.22. The molecule has 0 fully saturated rings. The number of ether oxygens (including phenoxy) is 2. The molecule has 0 saturated heterocycles. The molecule has 0 aliphatic carbocycles. The highest BCUT2D eigenvalue weighted by Gasteiger charge is 2.05. The molecule has 0 heterocycles. The lowest BCUT2D eigenvalue weighted by Crippen LogP contribution is -2.08.